The summed E-state index contributed by atoms with van der Waals surface area (Å²) in [5.41, 5.74) is 0. The van der Waals surface area contributed by atoms with Gasteiger partial charge in [0.25, 0.3) is 0 Å². The molecule has 0 amide bonds. The zero-order valence-electron chi connectivity index (χ0n) is 8.19. The number of hydrogen-bond acceptors (Lipinski definition) is 5. The Morgan fingerprint density at radius 2 is 1.60 bits per heavy atom. The molecule has 0 unspecified atom stereocenters. The molecule has 0 atom stereocenters. The van der Waals surface area contributed by atoms with Crippen molar-refractivity contribution < 1.29 is 13.6 Å². The number of rotatable bonds is 8. The SMILES string of the molecule is N#CCCOP(=O)(CCCl)OCCC#N. The zero-order chi connectivity index (χ0) is 11.6. The molecule has 0 radical (unpaired) electrons. The monoisotopic (exact) mass is 250 g/mol. The maximum absolute atomic E-state index is 11.8. The van der Waals surface area contributed by atoms with Gasteiger partial charge >= 0.3 is 7.60 Å². The van der Waals surface area contributed by atoms with Crippen LogP contribution in [0.5, 0.6) is 0 Å². The molecule has 0 aliphatic heterocycles. The van der Waals surface area contributed by atoms with Crippen molar-refractivity contribution in [3.63, 3.8) is 0 Å². The Morgan fingerprint density at radius 1 is 1.13 bits per heavy atom. The molecular formula is C8H12ClN2O3P. The van der Waals surface area contributed by atoms with Crippen LogP contribution in [-0.2, 0) is 13.6 Å². The molecule has 0 fully saturated rings. The Balaban J connectivity index is 4.03. The number of halogens is 1. The lowest BCUT2D eigenvalue weighted by Gasteiger charge is -2.15. The van der Waals surface area contributed by atoms with Gasteiger partial charge in [-0.1, -0.05) is 0 Å². The van der Waals surface area contributed by atoms with E-state index in [9.17, 15) is 4.57 Å². The van der Waals surface area contributed by atoms with Crippen LogP contribution in [0.25, 0.3) is 0 Å². The van der Waals surface area contributed by atoms with E-state index in [2.05, 4.69) is 0 Å². The van der Waals surface area contributed by atoms with Gasteiger partial charge in [-0.25, -0.2) is 0 Å². The summed E-state index contributed by atoms with van der Waals surface area (Å²) in [5, 5.41) is 16.6. The van der Waals surface area contributed by atoms with Gasteiger partial charge in [-0.05, 0) is 0 Å². The van der Waals surface area contributed by atoms with Crippen LogP contribution < -0.4 is 0 Å². The van der Waals surface area contributed by atoms with Crippen molar-refractivity contribution in [2.24, 2.45) is 0 Å². The van der Waals surface area contributed by atoms with Crippen molar-refractivity contribution >= 4 is 19.2 Å². The average molecular weight is 251 g/mol. The van der Waals surface area contributed by atoms with Crippen molar-refractivity contribution in [3.8, 4) is 12.1 Å². The third-order valence-electron chi connectivity index (χ3n) is 1.36. The van der Waals surface area contributed by atoms with Crippen LogP contribution in [0.4, 0.5) is 0 Å². The molecule has 0 aromatic carbocycles. The van der Waals surface area contributed by atoms with Gasteiger partial charge in [0.1, 0.15) is 0 Å². The van der Waals surface area contributed by atoms with Crippen LogP contribution in [0.3, 0.4) is 0 Å². The second-order valence-electron chi connectivity index (χ2n) is 2.51. The Labute approximate surface area is 94.1 Å². The fourth-order valence-corrected chi connectivity index (χ4v) is 2.63. The van der Waals surface area contributed by atoms with E-state index in [-0.39, 0.29) is 38.1 Å². The molecule has 0 N–H and O–H groups in total. The minimum atomic E-state index is -3.21. The first-order valence-electron chi connectivity index (χ1n) is 4.36. The minimum absolute atomic E-state index is 0.0528. The van der Waals surface area contributed by atoms with Gasteiger partial charge in [-0.15, -0.1) is 11.6 Å². The quantitative estimate of drug-likeness (QED) is 0.375. The van der Waals surface area contributed by atoms with Gasteiger partial charge in [0.2, 0.25) is 0 Å². The van der Waals surface area contributed by atoms with E-state index in [0.29, 0.717) is 0 Å². The molecule has 0 aliphatic carbocycles. The van der Waals surface area contributed by atoms with Crippen molar-refractivity contribution in [1.82, 2.24) is 0 Å². The Morgan fingerprint density at radius 3 is 1.93 bits per heavy atom. The maximum atomic E-state index is 11.8. The molecule has 0 aromatic heterocycles. The van der Waals surface area contributed by atoms with Crippen molar-refractivity contribution in [2.45, 2.75) is 12.8 Å². The van der Waals surface area contributed by atoms with Crippen LogP contribution in [0.15, 0.2) is 0 Å². The summed E-state index contributed by atoms with van der Waals surface area (Å²) in [5.74, 6) is 0.149. The van der Waals surface area contributed by atoms with E-state index >= 15 is 0 Å². The molecule has 0 spiro atoms. The predicted octanol–water partition coefficient (Wildman–Crippen LogP) is 2.28. The highest BCUT2D eigenvalue weighted by Gasteiger charge is 2.23. The summed E-state index contributed by atoms with van der Waals surface area (Å²) in [4.78, 5) is 0. The Kier molecular flexibility index (Phi) is 8.37. The van der Waals surface area contributed by atoms with E-state index in [1.807, 2.05) is 12.1 Å². The molecular weight excluding hydrogens is 239 g/mol. The Hall–Kier alpha value is -0.580. The third-order valence-corrected chi connectivity index (χ3v) is 3.74. The highest BCUT2D eigenvalue weighted by Crippen LogP contribution is 2.48. The van der Waals surface area contributed by atoms with Crippen LogP contribution in [0.1, 0.15) is 12.8 Å². The summed E-state index contributed by atoms with van der Waals surface area (Å²) in [6, 6.07) is 3.73. The first-order chi connectivity index (χ1) is 7.18. The third kappa shape index (κ3) is 7.36. The first-order valence-corrected chi connectivity index (χ1v) is 6.63. The smallest absolute Gasteiger partial charge is 0.307 e. The zero-order valence-corrected chi connectivity index (χ0v) is 9.84. The highest BCUT2D eigenvalue weighted by atomic mass is 35.5. The molecule has 0 aromatic rings. The minimum Gasteiger partial charge on any atom is -0.307 e. The lowest BCUT2D eigenvalue weighted by Crippen LogP contribution is -2.03. The second kappa shape index (κ2) is 8.71. The summed E-state index contributed by atoms with van der Waals surface area (Å²) >= 11 is 5.45. The molecule has 7 heteroatoms. The highest BCUT2D eigenvalue weighted by molar-refractivity contribution is 7.53. The van der Waals surface area contributed by atoms with E-state index in [1.54, 1.807) is 0 Å². The molecule has 0 heterocycles. The maximum Gasteiger partial charge on any atom is 0.331 e. The van der Waals surface area contributed by atoms with Gasteiger partial charge in [-0.2, -0.15) is 10.5 Å². The van der Waals surface area contributed by atoms with Crippen LogP contribution in [-0.4, -0.2) is 25.3 Å². The van der Waals surface area contributed by atoms with Gasteiger partial charge in [0.15, 0.2) is 0 Å². The number of alkyl halides is 1. The molecule has 5 nitrogen and oxygen atoms in total. The molecule has 0 bridgehead atoms. The number of nitriles is 2. The lowest BCUT2D eigenvalue weighted by molar-refractivity contribution is 0.212. The van der Waals surface area contributed by atoms with E-state index in [0.717, 1.165) is 0 Å². The fraction of sp³-hybridized carbons (Fsp3) is 0.750. The normalized spacial score (nSPS) is 10.6. The summed E-state index contributed by atoms with van der Waals surface area (Å²) in [7, 11) is -3.21. The van der Waals surface area contributed by atoms with Crippen molar-refractivity contribution in [2.75, 3.05) is 25.3 Å². The standard InChI is InChI=1S/C8H12ClN2O3P/c9-3-8-15(12,13-6-1-4-10)14-7-2-5-11/h1-3,6-8H2. The lowest BCUT2D eigenvalue weighted by atomic mass is 10.5. The second-order valence-corrected chi connectivity index (χ2v) is 5.07. The van der Waals surface area contributed by atoms with Crippen molar-refractivity contribution in [1.29, 1.82) is 10.5 Å². The topological polar surface area (TPSA) is 83.1 Å². The number of hydrogen-bond donors (Lipinski definition) is 0. The van der Waals surface area contributed by atoms with Crippen LogP contribution in [0.2, 0.25) is 0 Å². The van der Waals surface area contributed by atoms with E-state index < -0.39 is 7.60 Å². The van der Waals surface area contributed by atoms with Gasteiger partial charge in [0, 0.05) is 5.88 Å². The molecule has 0 aliphatic rings. The van der Waals surface area contributed by atoms with E-state index in [4.69, 9.17) is 31.2 Å². The van der Waals surface area contributed by atoms with Gasteiger partial charge in [0.05, 0.1) is 44.4 Å². The molecule has 0 rings (SSSR count). The largest absolute Gasteiger partial charge is 0.331 e. The summed E-state index contributed by atoms with van der Waals surface area (Å²) in [6.45, 7) is 0.106. The predicted molar refractivity (Wildman–Crippen MR) is 55.6 cm³/mol. The van der Waals surface area contributed by atoms with Crippen LogP contribution in [0, 0.1) is 22.7 Å². The fourth-order valence-electron chi connectivity index (χ4n) is 0.731. The van der Waals surface area contributed by atoms with Gasteiger partial charge in [-0.3, -0.25) is 4.57 Å². The average Bonchev–Trinajstić information content (AvgIpc) is 2.19. The first kappa shape index (κ1) is 14.4. The van der Waals surface area contributed by atoms with Crippen molar-refractivity contribution in [3.05, 3.63) is 0 Å². The Bertz CT molecular complexity index is 273. The summed E-state index contributed by atoms with van der Waals surface area (Å²) in [6.07, 6.45) is 0.382. The molecule has 0 saturated carbocycles. The molecule has 0 saturated heterocycles. The molecule has 15 heavy (non-hydrogen) atoms. The van der Waals surface area contributed by atoms with Gasteiger partial charge < -0.3 is 9.05 Å². The molecule has 84 valence electrons. The van der Waals surface area contributed by atoms with Crippen LogP contribution >= 0.6 is 19.2 Å². The number of nitrogens with zero attached hydrogens (tertiary/aromatic N) is 2. The van der Waals surface area contributed by atoms with E-state index in [1.165, 1.54) is 0 Å². The summed E-state index contributed by atoms with van der Waals surface area (Å²) < 4.78 is 21.8.